The average molecular weight is 513 g/mol. The first-order valence-electron chi connectivity index (χ1n) is 14.5. The molecule has 0 atom stereocenters. The summed E-state index contributed by atoms with van der Waals surface area (Å²) in [5.74, 6) is 9.21. The van der Waals surface area contributed by atoms with Gasteiger partial charge in [0.15, 0.2) is 0 Å². The number of nitrogens with one attached hydrogen (secondary N) is 2. The molecule has 2 N–H and O–H groups in total. The normalized spacial score (nSPS) is 47.7. The molecule has 0 unspecified atom stereocenters. The van der Waals surface area contributed by atoms with Crippen LogP contribution in [-0.4, -0.2) is 24.2 Å². The van der Waals surface area contributed by atoms with Gasteiger partial charge < -0.3 is 10.6 Å². The third-order valence-electron chi connectivity index (χ3n) is 10.9. The second kappa shape index (κ2) is 10.5. The Morgan fingerprint density at radius 1 is 0.486 bits per heavy atom. The summed E-state index contributed by atoms with van der Waals surface area (Å²) < 4.78 is 0. The van der Waals surface area contributed by atoms with Crippen molar-refractivity contribution in [3.05, 3.63) is 63.2 Å². The molecule has 188 valence electrons. The van der Waals surface area contributed by atoms with Crippen LogP contribution in [0.2, 0.25) is 0 Å². The van der Waals surface area contributed by atoms with Gasteiger partial charge in [-0.3, -0.25) is 0 Å². The Kier molecular flexibility index (Phi) is 7.74. The Bertz CT molecular complexity index is 576. The van der Waals surface area contributed by atoms with Gasteiger partial charge in [-0.2, -0.15) is 0 Å². The molecule has 0 spiro atoms. The van der Waals surface area contributed by atoms with Gasteiger partial charge in [-0.15, -0.1) is 0 Å². The molecule has 10 saturated carbocycles. The Morgan fingerprint density at radius 2 is 0.743 bits per heavy atom. The quantitative estimate of drug-likeness (QED) is 0.433. The standard InChI is InChI=1S/2C16H22N.Fe/c2*1-2-4-12(3-1)11-17-16-8-13-5-14(9-16)7-15(6-13)10-16;/h2*1-4,13-15,17H,5-11H2;/q;;+2. The van der Waals surface area contributed by atoms with Gasteiger partial charge in [0.1, 0.15) is 0 Å². The van der Waals surface area contributed by atoms with Crippen LogP contribution < -0.4 is 10.6 Å². The molecule has 0 heterocycles. The van der Waals surface area contributed by atoms with E-state index < -0.39 is 0 Å². The summed E-state index contributed by atoms with van der Waals surface area (Å²) in [7, 11) is 0. The number of rotatable bonds is 6. The van der Waals surface area contributed by atoms with Crippen molar-refractivity contribution in [1.29, 1.82) is 0 Å². The summed E-state index contributed by atoms with van der Waals surface area (Å²) in [5.41, 5.74) is 1.04. The van der Waals surface area contributed by atoms with Crippen molar-refractivity contribution in [2.24, 2.45) is 35.5 Å². The SMILES string of the molecule is [CH]1[CH][CH][C](CNC23CC4CC(CC(C4)C2)C3)[CH]1.[CH]1[CH][CH][C](CNC23CC4CC(CC(C4)C2)C3)[CH]1.[Fe+2]. The van der Waals surface area contributed by atoms with Crippen molar-refractivity contribution in [2.45, 2.75) is 88.1 Å². The van der Waals surface area contributed by atoms with E-state index in [9.17, 15) is 0 Å². The minimum atomic E-state index is 0. The molecule has 2 nitrogen and oxygen atoms in total. The largest absolute Gasteiger partial charge is 2.00 e. The van der Waals surface area contributed by atoms with Crippen LogP contribution in [0.15, 0.2) is 0 Å². The van der Waals surface area contributed by atoms with Crippen LogP contribution in [0.5, 0.6) is 0 Å². The Labute approximate surface area is 227 Å². The fourth-order valence-electron chi connectivity index (χ4n) is 10.3. The third kappa shape index (κ3) is 5.60. The van der Waals surface area contributed by atoms with Gasteiger partial charge in [0.25, 0.3) is 0 Å². The monoisotopic (exact) mass is 512 g/mol. The molecule has 0 amide bonds. The minimum absolute atomic E-state index is 0. The second-order valence-corrected chi connectivity index (χ2v) is 13.7. The maximum Gasteiger partial charge on any atom is 2.00 e. The van der Waals surface area contributed by atoms with Crippen LogP contribution in [0.1, 0.15) is 77.0 Å². The summed E-state index contributed by atoms with van der Waals surface area (Å²) in [6, 6.07) is 0. The summed E-state index contributed by atoms with van der Waals surface area (Å²) >= 11 is 0. The predicted octanol–water partition coefficient (Wildman–Crippen LogP) is 5.90. The van der Waals surface area contributed by atoms with Gasteiger partial charge in [-0.1, -0.05) is 0 Å². The van der Waals surface area contributed by atoms with Crippen molar-refractivity contribution in [2.75, 3.05) is 13.1 Å². The maximum atomic E-state index is 3.93. The fourth-order valence-corrected chi connectivity index (χ4v) is 10.3. The van der Waals surface area contributed by atoms with Crippen molar-refractivity contribution in [3.63, 3.8) is 0 Å². The van der Waals surface area contributed by atoms with E-state index in [0.29, 0.717) is 11.1 Å². The molecule has 0 aromatic rings. The van der Waals surface area contributed by atoms with Crippen LogP contribution in [0, 0.1) is 98.7 Å². The van der Waals surface area contributed by atoms with Crippen molar-refractivity contribution >= 4 is 0 Å². The Morgan fingerprint density at radius 3 is 1.00 bits per heavy atom. The van der Waals surface area contributed by atoms with Crippen molar-refractivity contribution < 1.29 is 17.1 Å². The molecule has 8 bridgehead atoms. The maximum absolute atomic E-state index is 3.93. The van der Waals surface area contributed by atoms with E-state index in [-0.39, 0.29) is 17.1 Å². The Balaban J connectivity index is 0.000000127. The number of hydrogen-bond donors (Lipinski definition) is 2. The second-order valence-electron chi connectivity index (χ2n) is 13.7. The summed E-state index contributed by atoms with van der Waals surface area (Å²) in [6.07, 6.45) is 35.6. The molecule has 10 fully saturated rings. The topological polar surface area (TPSA) is 24.1 Å². The zero-order valence-corrected chi connectivity index (χ0v) is 22.4. The molecule has 0 aromatic carbocycles. The molecule has 0 aromatic heterocycles. The van der Waals surface area contributed by atoms with Gasteiger partial charge in [0, 0.05) is 24.2 Å². The van der Waals surface area contributed by atoms with Gasteiger partial charge in [0.05, 0.1) is 0 Å². The van der Waals surface area contributed by atoms with Gasteiger partial charge >= 0.3 is 17.1 Å². The molecular formula is C32H44FeN2+2. The van der Waals surface area contributed by atoms with Crippen LogP contribution >= 0.6 is 0 Å². The van der Waals surface area contributed by atoms with E-state index >= 15 is 0 Å². The zero-order valence-electron chi connectivity index (χ0n) is 21.3. The molecular weight excluding hydrogens is 468 g/mol. The number of hydrogen-bond acceptors (Lipinski definition) is 2. The molecule has 10 aliphatic carbocycles. The van der Waals surface area contributed by atoms with E-state index in [0.717, 1.165) is 48.6 Å². The summed E-state index contributed by atoms with van der Waals surface area (Å²) in [6.45, 7) is 2.16. The molecule has 10 aliphatic rings. The van der Waals surface area contributed by atoms with Crippen LogP contribution in [0.3, 0.4) is 0 Å². The third-order valence-corrected chi connectivity index (χ3v) is 10.9. The summed E-state index contributed by atoms with van der Waals surface area (Å²) in [5, 5.41) is 7.86. The van der Waals surface area contributed by atoms with E-state index in [1.807, 2.05) is 0 Å². The molecule has 10 rings (SSSR count). The van der Waals surface area contributed by atoms with E-state index in [1.165, 1.54) is 88.9 Å². The molecule has 35 heavy (non-hydrogen) atoms. The first-order valence-corrected chi connectivity index (χ1v) is 14.5. The molecule has 3 heteroatoms. The smallest absolute Gasteiger partial charge is 0.311 e. The zero-order chi connectivity index (χ0) is 22.6. The van der Waals surface area contributed by atoms with Crippen LogP contribution in [0.25, 0.3) is 0 Å². The fraction of sp³-hybridized carbons (Fsp3) is 0.688. The van der Waals surface area contributed by atoms with Crippen LogP contribution in [-0.2, 0) is 17.1 Å². The van der Waals surface area contributed by atoms with Crippen LogP contribution in [0.4, 0.5) is 0 Å². The van der Waals surface area contributed by atoms with E-state index in [2.05, 4.69) is 62.0 Å². The van der Waals surface area contributed by atoms with Crippen molar-refractivity contribution in [3.8, 4) is 0 Å². The Hall–Kier alpha value is 0.439. The van der Waals surface area contributed by atoms with E-state index in [4.69, 9.17) is 0 Å². The first-order chi connectivity index (χ1) is 16.6. The summed E-state index contributed by atoms with van der Waals surface area (Å²) in [4.78, 5) is 0. The minimum Gasteiger partial charge on any atom is -0.311 e. The molecule has 0 saturated heterocycles. The van der Waals surface area contributed by atoms with Gasteiger partial charge in [0.2, 0.25) is 0 Å². The van der Waals surface area contributed by atoms with Crippen molar-refractivity contribution in [1.82, 2.24) is 10.6 Å². The van der Waals surface area contributed by atoms with Gasteiger partial charge in [-0.05, 0) is 176 Å². The predicted molar refractivity (Wildman–Crippen MR) is 139 cm³/mol. The first kappa shape index (κ1) is 25.7. The molecule has 0 aliphatic heterocycles. The molecule has 10 radical (unpaired) electrons. The average Bonchev–Trinajstić information content (AvgIpc) is 3.50. The van der Waals surface area contributed by atoms with Gasteiger partial charge in [-0.25, -0.2) is 0 Å². The van der Waals surface area contributed by atoms with E-state index in [1.54, 1.807) is 0 Å².